The molecule has 3 amide bonds. The number of fused-ring (bicyclic) bond motifs is 1. The summed E-state index contributed by atoms with van der Waals surface area (Å²) < 4.78 is 10.6. The van der Waals surface area contributed by atoms with Gasteiger partial charge in [0.15, 0.2) is 0 Å². The van der Waals surface area contributed by atoms with E-state index in [0.29, 0.717) is 37.7 Å². The summed E-state index contributed by atoms with van der Waals surface area (Å²) in [6.45, 7) is 2.04. The van der Waals surface area contributed by atoms with Crippen LogP contribution in [0, 0.1) is 11.8 Å². The minimum atomic E-state index is -0.416. The lowest BCUT2D eigenvalue weighted by Crippen LogP contribution is -2.42. The summed E-state index contributed by atoms with van der Waals surface area (Å²) >= 11 is 0. The maximum Gasteiger partial charge on any atom is 0.415 e. The van der Waals surface area contributed by atoms with Crippen molar-refractivity contribution in [1.82, 2.24) is 4.90 Å². The van der Waals surface area contributed by atoms with Gasteiger partial charge in [0.1, 0.15) is 5.75 Å². The van der Waals surface area contributed by atoms with Gasteiger partial charge in [-0.25, -0.2) is 4.79 Å². The Kier molecular flexibility index (Phi) is 4.63. The van der Waals surface area contributed by atoms with Crippen molar-refractivity contribution in [2.75, 3.05) is 31.2 Å². The van der Waals surface area contributed by atoms with Gasteiger partial charge < -0.3 is 14.4 Å². The Hall–Kier alpha value is -2.41. The van der Waals surface area contributed by atoms with Gasteiger partial charge in [-0.05, 0) is 37.1 Å². The quantitative estimate of drug-likeness (QED) is 0.758. The van der Waals surface area contributed by atoms with E-state index in [-0.39, 0.29) is 23.7 Å². The number of amides is 3. The zero-order valence-corrected chi connectivity index (χ0v) is 14.6. The Morgan fingerprint density at radius 1 is 0.962 bits per heavy atom. The summed E-state index contributed by atoms with van der Waals surface area (Å²) in [6.07, 6.45) is 3.18. The first kappa shape index (κ1) is 17.0. The Morgan fingerprint density at radius 2 is 1.54 bits per heavy atom. The van der Waals surface area contributed by atoms with E-state index in [1.807, 2.05) is 0 Å². The second kappa shape index (κ2) is 7.07. The minimum absolute atomic E-state index is 0.0993. The lowest BCUT2D eigenvalue weighted by Gasteiger charge is -2.25. The van der Waals surface area contributed by atoms with Crippen LogP contribution in [-0.2, 0) is 14.3 Å². The number of hydrogen-bond acceptors (Lipinski definition) is 5. The number of benzene rings is 1. The van der Waals surface area contributed by atoms with Crippen LogP contribution in [-0.4, -0.2) is 49.1 Å². The fourth-order valence-electron chi connectivity index (χ4n) is 3.99. The van der Waals surface area contributed by atoms with E-state index in [2.05, 4.69) is 0 Å². The van der Waals surface area contributed by atoms with Gasteiger partial charge in [0.25, 0.3) is 0 Å². The Bertz CT molecular complexity index is 687. The highest BCUT2D eigenvalue weighted by atomic mass is 16.6. The van der Waals surface area contributed by atoms with E-state index >= 15 is 0 Å². The zero-order chi connectivity index (χ0) is 18.1. The summed E-state index contributed by atoms with van der Waals surface area (Å²) in [4.78, 5) is 40.2. The van der Waals surface area contributed by atoms with E-state index < -0.39 is 6.09 Å². The second-order valence-electron chi connectivity index (χ2n) is 6.97. The average Bonchev–Trinajstić information content (AvgIpc) is 2.94. The summed E-state index contributed by atoms with van der Waals surface area (Å²) in [5, 5.41) is 0. The molecule has 138 valence electrons. The molecule has 4 rings (SSSR count). The molecule has 1 saturated carbocycles. The van der Waals surface area contributed by atoms with Crippen molar-refractivity contribution in [2.24, 2.45) is 11.8 Å². The Labute approximate surface area is 151 Å². The van der Waals surface area contributed by atoms with Crippen molar-refractivity contribution in [2.45, 2.75) is 25.7 Å². The number of nitrogens with zero attached hydrogens (tertiary/aromatic N) is 2. The van der Waals surface area contributed by atoms with E-state index in [0.717, 1.165) is 25.7 Å². The van der Waals surface area contributed by atoms with Crippen molar-refractivity contribution in [3.05, 3.63) is 24.3 Å². The molecule has 1 aromatic rings. The molecule has 0 bridgehead atoms. The van der Waals surface area contributed by atoms with Crippen LogP contribution in [0.2, 0.25) is 0 Å². The minimum Gasteiger partial charge on any atom is -0.410 e. The molecule has 0 radical (unpaired) electrons. The van der Waals surface area contributed by atoms with Crippen molar-refractivity contribution >= 4 is 23.6 Å². The van der Waals surface area contributed by atoms with E-state index in [4.69, 9.17) is 9.47 Å². The highest BCUT2D eigenvalue weighted by Crippen LogP contribution is 2.40. The molecule has 0 spiro atoms. The average molecular weight is 358 g/mol. The van der Waals surface area contributed by atoms with Crippen LogP contribution in [0.4, 0.5) is 10.5 Å². The second-order valence-corrected chi connectivity index (χ2v) is 6.97. The van der Waals surface area contributed by atoms with E-state index in [1.54, 1.807) is 29.2 Å². The monoisotopic (exact) mass is 358 g/mol. The molecule has 2 atom stereocenters. The number of imide groups is 1. The Morgan fingerprint density at radius 3 is 2.12 bits per heavy atom. The SMILES string of the molecule is O=C(Oc1ccc(N2C(=O)[C@H]3CCCC[C@H]3C2=O)cc1)N1CCOCC1. The number of morpholine rings is 1. The molecule has 0 unspecified atom stereocenters. The molecule has 7 heteroatoms. The predicted octanol–water partition coefficient (Wildman–Crippen LogP) is 2.20. The van der Waals surface area contributed by atoms with Crippen LogP contribution in [0.1, 0.15) is 25.7 Å². The summed E-state index contributed by atoms with van der Waals surface area (Å²) in [6, 6.07) is 6.57. The van der Waals surface area contributed by atoms with Crippen LogP contribution >= 0.6 is 0 Å². The van der Waals surface area contributed by atoms with Gasteiger partial charge in [-0.15, -0.1) is 0 Å². The van der Waals surface area contributed by atoms with Gasteiger partial charge in [0.2, 0.25) is 11.8 Å². The van der Waals surface area contributed by atoms with Gasteiger partial charge in [-0.1, -0.05) is 12.8 Å². The van der Waals surface area contributed by atoms with E-state index in [1.165, 1.54) is 4.90 Å². The zero-order valence-electron chi connectivity index (χ0n) is 14.6. The predicted molar refractivity (Wildman–Crippen MR) is 92.8 cm³/mol. The van der Waals surface area contributed by atoms with Crippen LogP contribution in [0.5, 0.6) is 5.75 Å². The molecule has 0 aromatic heterocycles. The topological polar surface area (TPSA) is 76.2 Å². The molecular weight excluding hydrogens is 336 g/mol. The maximum atomic E-state index is 12.6. The molecule has 3 fully saturated rings. The normalized spacial score (nSPS) is 26.0. The van der Waals surface area contributed by atoms with Gasteiger partial charge in [0, 0.05) is 13.1 Å². The lowest BCUT2D eigenvalue weighted by atomic mass is 9.81. The molecular formula is C19H22N2O5. The van der Waals surface area contributed by atoms with Crippen molar-refractivity contribution in [3.8, 4) is 5.75 Å². The third-order valence-corrected chi connectivity index (χ3v) is 5.41. The number of carbonyl (C=O) groups is 3. The van der Waals surface area contributed by atoms with Crippen molar-refractivity contribution < 1.29 is 23.9 Å². The smallest absolute Gasteiger partial charge is 0.410 e. The molecule has 2 heterocycles. The third kappa shape index (κ3) is 3.07. The van der Waals surface area contributed by atoms with Gasteiger partial charge >= 0.3 is 6.09 Å². The number of anilines is 1. The van der Waals surface area contributed by atoms with Gasteiger partial charge in [0.05, 0.1) is 30.7 Å². The fraction of sp³-hybridized carbons (Fsp3) is 0.526. The highest BCUT2D eigenvalue weighted by molar-refractivity contribution is 6.22. The lowest BCUT2D eigenvalue weighted by molar-refractivity contribution is -0.122. The largest absolute Gasteiger partial charge is 0.415 e. The molecule has 26 heavy (non-hydrogen) atoms. The summed E-state index contributed by atoms with van der Waals surface area (Å²) in [7, 11) is 0. The molecule has 3 aliphatic rings. The number of ether oxygens (including phenoxy) is 2. The van der Waals surface area contributed by atoms with Crippen LogP contribution < -0.4 is 9.64 Å². The standard InChI is InChI=1S/C19H22N2O5/c22-17-15-3-1-2-4-16(15)18(23)21(17)13-5-7-14(8-6-13)26-19(24)20-9-11-25-12-10-20/h5-8,15-16H,1-4,9-12H2/t15-,16+. The molecule has 2 aliphatic heterocycles. The summed E-state index contributed by atoms with van der Waals surface area (Å²) in [5.74, 6) is -0.151. The van der Waals surface area contributed by atoms with Gasteiger partial charge in [-0.2, -0.15) is 0 Å². The van der Waals surface area contributed by atoms with Crippen LogP contribution in [0.15, 0.2) is 24.3 Å². The first-order valence-electron chi connectivity index (χ1n) is 9.17. The molecule has 0 N–H and O–H groups in total. The molecule has 1 aromatic carbocycles. The third-order valence-electron chi connectivity index (χ3n) is 5.41. The molecule has 2 saturated heterocycles. The molecule has 7 nitrogen and oxygen atoms in total. The van der Waals surface area contributed by atoms with E-state index in [9.17, 15) is 14.4 Å². The highest BCUT2D eigenvalue weighted by Gasteiger charge is 2.48. The van der Waals surface area contributed by atoms with Crippen LogP contribution in [0.3, 0.4) is 0 Å². The number of rotatable bonds is 2. The van der Waals surface area contributed by atoms with Crippen molar-refractivity contribution in [1.29, 1.82) is 0 Å². The number of hydrogen-bond donors (Lipinski definition) is 0. The first-order valence-corrected chi connectivity index (χ1v) is 9.17. The molecule has 1 aliphatic carbocycles. The van der Waals surface area contributed by atoms with Crippen molar-refractivity contribution in [3.63, 3.8) is 0 Å². The maximum absolute atomic E-state index is 12.6. The first-order chi connectivity index (χ1) is 12.6. The van der Waals surface area contributed by atoms with Crippen LogP contribution in [0.25, 0.3) is 0 Å². The Balaban J connectivity index is 1.45. The summed E-state index contributed by atoms with van der Waals surface area (Å²) in [5.41, 5.74) is 0.542. The fourth-order valence-corrected chi connectivity index (χ4v) is 3.99. The van der Waals surface area contributed by atoms with Gasteiger partial charge in [-0.3, -0.25) is 14.5 Å². The number of carbonyl (C=O) groups excluding carboxylic acids is 3.